The molecular formula is C6H11O4P. The minimum atomic E-state index is -2.98. The standard InChI is InChI=1S/C6H11O4P/c1-6-5-10-11(7,8-2)4-3-9-6/h3-4,6H,5H2,1-2H3. The fourth-order valence-corrected chi connectivity index (χ4v) is 1.60. The van der Waals surface area contributed by atoms with E-state index in [9.17, 15) is 4.57 Å². The molecule has 0 saturated heterocycles. The van der Waals surface area contributed by atoms with Crippen molar-refractivity contribution >= 4 is 7.60 Å². The summed E-state index contributed by atoms with van der Waals surface area (Å²) in [6.07, 6.45) is 1.29. The molecule has 1 aliphatic rings. The Kier molecular flexibility index (Phi) is 2.71. The summed E-state index contributed by atoms with van der Waals surface area (Å²) in [7, 11) is -1.63. The molecule has 2 unspecified atom stereocenters. The molecule has 0 fully saturated rings. The molecule has 1 aliphatic heterocycles. The molecule has 11 heavy (non-hydrogen) atoms. The Morgan fingerprint density at radius 1 is 1.73 bits per heavy atom. The Morgan fingerprint density at radius 2 is 2.45 bits per heavy atom. The first-order valence-corrected chi connectivity index (χ1v) is 4.91. The lowest BCUT2D eigenvalue weighted by Crippen LogP contribution is -2.09. The second kappa shape index (κ2) is 3.39. The maximum Gasteiger partial charge on any atom is 0.357 e. The average Bonchev–Trinajstić information content (AvgIpc) is 2.15. The zero-order valence-corrected chi connectivity index (χ0v) is 7.41. The lowest BCUT2D eigenvalue weighted by atomic mass is 10.4. The van der Waals surface area contributed by atoms with Crippen molar-refractivity contribution in [3.05, 3.63) is 12.1 Å². The van der Waals surface area contributed by atoms with Gasteiger partial charge < -0.3 is 13.8 Å². The van der Waals surface area contributed by atoms with Crippen LogP contribution in [0.3, 0.4) is 0 Å². The summed E-state index contributed by atoms with van der Waals surface area (Å²) in [6, 6.07) is 0. The molecule has 0 saturated carbocycles. The van der Waals surface area contributed by atoms with E-state index in [1.807, 2.05) is 6.92 Å². The monoisotopic (exact) mass is 178 g/mol. The summed E-state index contributed by atoms with van der Waals surface area (Å²) in [5.41, 5.74) is 0. The van der Waals surface area contributed by atoms with Gasteiger partial charge in [-0.05, 0) is 6.92 Å². The second-order valence-electron chi connectivity index (χ2n) is 2.25. The van der Waals surface area contributed by atoms with Crippen LogP contribution in [0.5, 0.6) is 0 Å². The molecule has 0 N–H and O–H groups in total. The normalized spacial score (nSPS) is 37.8. The highest BCUT2D eigenvalue weighted by Gasteiger charge is 2.22. The Labute approximate surface area is 65.7 Å². The molecule has 64 valence electrons. The molecule has 2 atom stereocenters. The number of rotatable bonds is 1. The maximum atomic E-state index is 11.4. The summed E-state index contributed by atoms with van der Waals surface area (Å²) in [6.45, 7) is 2.12. The summed E-state index contributed by atoms with van der Waals surface area (Å²) >= 11 is 0. The zero-order valence-electron chi connectivity index (χ0n) is 6.52. The molecule has 4 nitrogen and oxygen atoms in total. The van der Waals surface area contributed by atoms with Gasteiger partial charge in [0.25, 0.3) is 0 Å². The fraction of sp³-hybridized carbons (Fsp3) is 0.667. The SMILES string of the molecule is COP1(=O)C=COC(C)CO1. The molecule has 0 radical (unpaired) electrons. The molecule has 1 rings (SSSR count). The minimum Gasteiger partial charge on any atom is -0.496 e. The lowest BCUT2D eigenvalue weighted by molar-refractivity contribution is 0.103. The molecule has 0 bridgehead atoms. The van der Waals surface area contributed by atoms with E-state index in [-0.39, 0.29) is 12.7 Å². The van der Waals surface area contributed by atoms with Gasteiger partial charge in [-0.2, -0.15) is 0 Å². The number of hydrogen-bond donors (Lipinski definition) is 0. The van der Waals surface area contributed by atoms with Gasteiger partial charge in [0.15, 0.2) is 0 Å². The van der Waals surface area contributed by atoms with Gasteiger partial charge in [-0.15, -0.1) is 0 Å². The van der Waals surface area contributed by atoms with Gasteiger partial charge >= 0.3 is 7.60 Å². The first kappa shape index (κ1) is 8.78. The predicted molar refractivity (Wildman–Crippen MR) is 40.3 cm³/mol. The van der Waals surface area contributed by atoms with Crippen LogP contribution in [0.25, 0.3) is 0 Å². The first-order valence-electron chi connectivity index (χ1n) is 3.29. The highest BCUT2D eigenvalue weighted by atomic mass is 31.2. The molecule has 0 aromatic rings. The molecular weight excluding hydrogens is 167 g/mol. The van der Waals surface area contributed by atoms with Crippen molar-refractivity contribution in [3.63, 3.8) is 0 Å². The van der Waals surface area contributed by atoms with E-state index < -0.39 is 7.60 Å². The predicted octanol–water partition coefficient (Wildman–Crippen LogP) is 1.73. The van der Waals surface area contributed by atoms with Crippen molar-refractivity contribution in [1.82, 2.24) is 0 Å². The molecule has 5 heteroatoms. The van der Waals surface area contributed by atoms with E-state index in [4.69, 9.17) is 9.26 Å². The van der Waals surface area contributed by atoms with E-state index in [1.54, 1.807) is 0 Å². The lowest BCUT2D eigenvalue weighted by Gasteiger charge is -2.10. The van der Waals surface area contributed by atoms with Crippen LogP contribution in [0.4, 0.5) is 0 Å². The highest BCUT2D eigenvalue weighted by Crippen LogP contribution is 2.49. The van der Waals surface area contributed by atoms with Crippen LogP contribution >= 0.6 is 7.60 Å². The molecule has 0 amide bonds. The summed E-state index contributed by atoms with van der Waals surface area (Å²) in [4.78, 5) is 0. The largest absolute Gasteiger partial charge is 0.496 e. The van der Waals surface area contributed by atoms with Crippen molar-refractivity contribution in [3.8, 4) is 0 Å². The van der Waals surface area contributed by atoms with Crippen LogP contribution in [0.15, 0.2) is 12.1 Å². The Balaban J connectivity index is 2.66. The van der Waals surface area contributed by atoms with E-state index in [0.717, 1.165) is 0 Å². The van der Waals surface area contributed by atoms with Gasteiger partial charge in [-0.1, -0.05) is 0 Å². The Hall–Kier alpha value is -0.310. The first-order chi connectivity index (χ1) is 5.16. The van der Waals surface area contributed by atoms with Crippen LogP contribution in [0.2, 0.25) is 0 Å². The van der Waals surface area contributed by atoms with Crippen molar-refractivity contribution in [2.75, 3.05) is 13.7 Å². The van der Waals surface area contributed by atoms with E-state index in [2.05, 4.69) is 4.52 Å². The van der Waals surface area contributed by atoms with Gasteiger partial charge in [0.05, 0.1) is 18.7 Å². The van der Waals surface area contributed by atoms with Gasteiger partial charge in [-0.3, -0.25) is 4.57 Å². The van der Waals surface area contributed by atoms with Crippen molar-refractivity contribution in [2.45, 2.75) is 13.0 Å². The van der Waals surface area contributed by atoms with Gasteiger partial charge in [0.2, 0.25) is 0 Å². The van der Waals surface area contributed by atoms with Gasteiger partial charge in [-0.25, -0.2) is 0 Å². The maximum absolute atomic E-state index is 11.4. The van der Waals surface area contributed by atoms with Crippen LogP contribution in [-0.2, 0) is 18.3 Å². The third-order valence-electron chi connectivity index (χ3n) is 1.30. The summed E-state index contributed by atoms with van der Waals surface area (Å²) < 4.78 is 26.0. The third kappa shape index (κ3) is 2.33. The van der Waals surface area contributed by atoms with E-state index in [1.165, 1.54) is 19.2 Å². The molecule has 0 aliphatic carbocycles. The quantitative estimate of drug-likeness (QED) is 0.573. The van der Waals surface area contributed by atoms with Crippen LogP contribution in [-0.4, -0.2) is 19.8 Å². The number of ether oxygens (including phenoxy) is 1. The fourth-order valence-electron chi connectivity index (χ4n) is 0.649. The molecule has 0 aromatic carbocycles. The van der Waals surface area contributed by atoms with Crippen LogP contribution in [0, 0.1) is 0 Å². The number of hydrogen-bond acceptors (Lipinski definition) is 4. The van der Waals surface area contributed by atoms with Crippen molar-refractivity contribution < 1.29 is 18.3 Å². The average molecular weight is 178 g/mol. The van der Waals surface area contributed by atoms with Crippen LogP contribution < -0.4 is 0 Å². The van der Waals surface area contributed by atoms with Gasteiger partial charge in [0, 0.05) is 7.11 Å². The summed E-state index contributed by atoms with van der Waals surface area (Å²) in [5, 5.41) is 0. The second-order valence-corrected chi connectivity index (χ2v) is 4.25. The highest BCUT2D eigenvalue weighted by molar-refractivity contribution is 7.57. The molecule has 1 heterocycles. The summed E-state index contributed by atoms with van der Waals surface area (Å²) in [5.74, 6) is 1.32. The van der Waals surface area contributed by atoms with Crippen molar-refractivity contribution in [2.24, 2.45) is 0 Å². The zero-order chi connectivity index (χ0) is 8.32. The van der Waals surface area contributed by atoms with Crippen molar-refractivity contribution in [1.29, 1.82) is 0 Å². The molecule has 0 spiro atoms. The smallest absolute Gasteiger partial charge is 0.357 e. The van der Waals surface area contributed by atoms with Gasteiger partial charge in [0.1, 0.15) is 6.10 Å². The van der Waals surface area contributed by atoms with E-state index in [0.29, 0.717) is 0 Å². The van der Waals surface area contributed by atoms with E-state index >= 15 is 0 Å². The Bertz CT molecular complexity index is 201. The Morgan fingerprint density at radius 3 is 3.09 bits per heavy atom. The topological polar surface area (TPSA) is 44.8 Å². The van der Waals surface area contributed by atoms with Crippen LogP contribution in [0.1, 0.15) is 6.92 Å². The molecule has 0 aromatic heterocycles. The third-order valence-corrected chi connectivity index (χ3v) is 2.80. The minimum absolute atomic E-state index is 0.0720.